The number of ether oxygens (including phenoxy) is 1. The Hall–Kier alpha value is -1.71. The van der Waals surface area contributed by atoms with Crippen molar-refractivity contribution in [3.8, 4) is 0 Å². The van der Waals surface area contributed by atoms with Crippen molar-refractivity contribution >= 4 is 17.5 Å². The van der Waals surface area contributed by atoms with Crippen LogP contribution in [0.4, 0.5) is 16.2 Å². The van der Waals surface area contributed by atoms with Crippen molar-refractivity contribution in [2.24, 2.45) is 0 Å². The van der Waals surface area contributed by atoms with Crippen molar-refractivity contribution in [1.29, 1.82) is 0 Å². The molecule has 4 heteroatoms. The zero-order valence-corrected chi connectivity index (χ0v) is 9.62. The second-order valence-electron chi connectivity index (χ2n) is 3.87. The van der Waals surface area contributed by atoms with E-state index >= 15 is 0 Å². The van der Waals surface area contributed by atoms with Gasteiger partial charge < -0.3 is 10.1 Å². The number of benzene rings is 1. The molecule has 0 aromatic heterocycles. The Morgan fingerprint density at radius 2 is 2.25 bits per heavy atom. The van der Waals surface area contributed by atoms with Crippen molar-refractivity contribution in [3.05, 3.63) is 23.8 Å². The lowest BCUT2D eigenvalue weighted by molar-refractivity contribution is 0.140. The van der Waals surface area contributed by atoms with E-state index in [4.69, 9.17) is 4.74 Å². The van der Waals surface area contributed by atoms with Gasteiger partial charge >= 0.3 is 6.09 Å². The molecule has 1 heterocycles. The summed E-state index contributed by atoms with van der Waals surface area (Å²) in [5.41, 5.74) is 3.06. The molecule has 1 fully saturated rings. The lowest BCUT2D eigenvalue weighted by Crippen LogP contribution is -2.38. The minimum absolute atomic E-state index is 0.244. The molecule has 1 saturated heterocycles. The number of hydrogen-bond acceptors (Lipinski definition) is 3. The van der Waals surface area contributed by atoms with Crippen LogP contribution in [0.1, 0.15) is 12.0 Å². The zero-order chi connectivity index (χ0) is 11.5. The standard InChI is InChI=1S/C12H16N2O2/c1-9-8-10(13-2)4-5-11(9)14-6-3-7-16-12(14)15/h4-5,8,13H,3,6-7H2,1-2H3. The topological polar surface area (TPSA) is 41.6 Å². The average Bonchev–Trinajstić information content (AvgIpc) is 2.30. The molecule has 1 aromatic carbocycles. The second kappa shape index (κ2) is 4.43. The largest absolute Gasteiger partial charge is 0.449 e. The summed E-state index contributed by atoms with van der Waals surface area (Å²) < 4.78 is 5.03. The van der Waals surface area contributed by atoms with Gasteiger partial charge in [0, 0.05) is 19.3 Å². The third kappa shape index (κ3) is 1.96. The van der Waals surface area contributed by atoms with Gasteiger partial charge in [-0.15, -0.1) is 0 Å². The van der Waals surface area contributed by atoms with Crippen LogP contribution in [0.15, 0.2) is 18.2 Å². The first-order chi connectivity index (χ1) is 7.72. The third-order valence-electron chi connectivity index (χ3n) is 2.75. The Morgan fingerprint density at radius 1 is 1.44 bits per heavy atom. The van der Waals surface area contributed by atoms with E-state index < -0.39 is 0 Å². The number of nitrogens with zero attached hydrogens (tertiary/aromatic N) is 1. The minimum atomic E-state index is -0.244. The molecule has 1 aliphatic heterocycles. The molecule has 16 heavy (non-hydrogen) atoms. The van der Waals surface area contributed by atoms with Gasteiger partial charge in [-0.25, -0.2) is 4.79 Å². The molecule has 1 aliphatic rings. The molecule has 0 bridgehead atoms. The molecule has 1 aromatic rings. The van der Waals surface area contributed by atoms with E-state index in [2.05, 4.69) is 5.32 Å². The van der Waals surface area contributed by atoms with Gasteiger partial charge in [0.25, 0.3) is 0 Å². The predicted octanol–water partition coefficient (Wildman–Crippen LogP) is 2.38. The number of anilines is 2. The number of aryl methyl sites for hydroxylation is 1. The van der Waals surface area contributed by atoms with Gasteiger partial charge in [-0.05, 0) is 37.1 Å². The molecule has 86 valence electrons. The molecule has 0 atom stereocenters. The fourth-order valence-corrected chi connectivity index (χ4v) is 1.88. The van der Waals surface area contributed by atoms with Gasteiger partial charge in [0.2, 0.25) is 0 Å². The van der Waals surface area contributed by atoms with Crippen molar-refractivity contribution in [2.45, 2.75) is 13.3 Å². The van der Waals surface area contributed by atoms with Gasteiger partial charge in [0.15, 0.2) is 0 Å². The Balaban J connectivity index is 2.28. The van der Waals surface area contributed by atoms with E-state index in [1.165, 1.54) is 0 Å². The first-order valence-electron chi connectivity index (χ1n) is 5.45. The smallest absolute Gasteiger partial charge is 0.414 e. The number of hydrogen-bond donors (Lipinski definition) is 1. The van der Waals surface area contributed by atoms with Gasteiger partial charge in [-0.2, -0.15) is 0 Å². The van der Waals surface area contributed by atoms with Gasteiger partial charge in [-0.1, -0.05) is 0 Å². The number of carbonyl (C=O) groups is 1. The van der Waals surface area contributed by atoms with Crippen LogP contribution in [0, 0.1) is 6.92 Å². The number of amides is 1. The fourth-order valence-electron chi connectivity index (χ4n) is 1.88. The van der Waals surface area contributed by atoms with Crippen LogP contribution < -0.4 is 10.2 Å². The summed E-state index contributed by atoms with van der Waals surface area (Å²) in [5, 5.41) is 3.07. The normalized spacial score (nSPS) is 15.9. The molecular weight excluding hydrogens is 204 g/mol. The number of carbonyl (C=O) groups excluding carboxylic acids is 1. The SMILES string of the molecule is CNc1ccc(N2CCCOC2=O)c(C)c1. The van der Waals surface area contributed by atoms with Gasteiger partial charge in [0.1, 0.15) is 0 Å². The first-order valence-corrected chi connectivity index (χ1v) is 5.45. The van der Waals surface area contributed by atoms with Crippen molar-refractivity contribution in [3.63, 3.8) is 0 Å². The Kier molecular flexibility index (Phi) is 2.99. The summed E-state index contributed by atoms with van der Waals surface area (Å²) in [6, 6.07) is 5.94. The first kappa shape index (κ1) is 10.8. The number of nitrogens with one attached hydrogen (secondary N) is 1. The highest BCUT2D eigenvalue weighted by atomic mass is 16.6. The van der Waals surface area contributed by atoms with Crippen LogP contribution >= 0.6 is 0 Å². The van der Waals surface area contributed by atoms with Crippen LogP contribution in [-0.2, 0) is 4.74 Å². The Bertz CT molecular complexity index is 404. The molecule has 0 saturated carbocycles. The highest BCUT2D eigenvalue weighted by molar-refractivity contribution is 5.89. The van der Waals surface area contributed by atoms with Crippen LogP contribution in [0.2, 0.25) is 0 Å². The summed E-state index contributed by atoms with van der Waals surface area (Å²) in [6.07, 6.45) is 0.644. The minimum Gasteiger partial charge on any atom is -0.449 e. The second-order valence-corrected chi connectivity index (χ2v) is 3.87. The lowest BCUT2D eigenvalue weighted by atomic mass is 10.1. The van der Waals surface area contributed by atoms with Gasteiger partial charge in [0.05, 0.1) is 12.3 Å². The lowest BCUT2D eigenvalue weighted by Gasteiger charge is -2.27. The maximum Gasteiger partial charge on any atom is 0.414 e. The predicted molar refractivity (Wildman–Crippen MR) is 64.0 cm³/mol. The molecule has 1 N–H and O–H groups in total. The molecule has 0 spiro atoms. The fraction of sp³-hybridized carbons (Fsp3) is 0.417. The molecular formula is C12H16N2O2. The average molecular weight is 220 g/mol. The molecule has 2 rings (SSSR count). The summed E-state index contributed by atoms with van der Waals surface area (Å²) in [6.45, 7) is 3.26. The number of cyclic esters (lactones) is 1. The quantitative estimate of drug-likeness (QED) is 0.832. The molecule has 0 aliphatic carbocycles. The van der Waals surface area contributed by atoms with Crippen LogP contribution in [-0.4, -0.2) is 26.3 Å². The zero-order valence-electron chi connectivity index (χ0n) is 9.62. The highest BCUT2D eigenvalue weighted by Gasteiger charge is 2.22. The Labute approximate surface area is 95.2 Å². The highest BCUT2D eigenvalue weighted by Crippen LogP contribution is 2.25. The van der Waals surface area contributed by atoms with Crippen LogP contribution in [0.25, 0.3) is 0 Å². The van der Waals surface area contributed by atoms with E-state index in [-0.39, 0.29) is 6.09 Å². The monoisotopic (exact) mass is 220 g/mol. The Morgan fingerprint density at radius 3 is 2.88 bits per heavy atom. The molecule has 0 unspecified atom stereocenters. The molecule has 0 radical (unpaired) electrons. The van der Waals surface area contributed by atoms with Crippen molar-refractivity contribution in [2.75, 3.05) is 30.4 Å². The van der Waals surface area contributed by atoms with E-state index in [1.54, 1.807) is 4.90 Å². The summed E-state index contributed by atoms with van der Waals surface area (Å²) in [5.74, 6) is 0. The van der Waals surface area contributed by atoms with Crippen molar-refractivity contribution < 1.29 is 9.53 Å². The summed E-state index contributed by atoms with van der Waals surface area (Å²) in [4.78, 5) is 13.3. The number of rotatable bonds is 2. The summed E-state index contributed by atoms with van der Waals surface area (Å²) >= 11 is 0. The summed E-state index contributed by atoms with van der Waals surface area (Å²) in [7, 11) is 1.88. The van der Waals surface area contributed by atoms with Crippen molar-refractivity contribution in [1.82, 2.24) is 0 Å². The maximum absolute atomic E-state index is 11.6. The van der Waals surface area contributed by atoms with Gasteiger partial charge in [-0.3, -0.25) is 4.90 Å². The molecule has 4 nitrogen and oxygen atoms in total. The third-order valence-corrected chi connectivity index (χ3v) is 2.75. The van der Waals surface area contributed by atoms with E-state index in [0.717, 1.165) is 29.9 Å². The van der Waals surface area contributed by atoms with E-state index in [9.17, 15) is 4.79 Å². The van der Waals surface area contributed by atoms with Crippen LogP contribution in [0.3, 0.4) is 0 Å². The van der Waals surface area contributed by atoms with Crippen LogP contribution in [0.5, 0.6) is 0 Å². The van der Waals surface area contributed by atoms with E-state index in [1.807, 2.05) is 32.2 Å². The maximum atomic E-state index is 11.6. The molecule has 1 amide bonds. The van der Waals surface area contributed by atoms with E-state index in [0.29, 0.717) is 6.61 Å².